The maximum absolute atomic E-state index is 5.74. The highest BCUT2D eigenvalue weighted by atomic mass is 16.7. The Hall–Kier alpha value is -0.0800. The van der Waals surface area contributed by atoms with Crippen molar-refractivity contribution in [3.63, 3.8) is 0 Å². The minimum absolute atomic E-state index is 0.256. The first-order valence-corrected chi connectivity index (χ1v) is 4.91. The van der Waals surface area contributed by atoms with Gasteiger partial charge in [0, 0.05) is 0 Å². The molecule has 0 aromatic carbocycles. The minimum Gasteiger partial charge on any atom is -0.345 e. The van der Waals surface area contributed by atoms with Crippen LogP contribution in [-0.4, -0.2) is 18.0 Å². The van der Waals surface area contributed by atoms with E-state index in [9.17, 15) is 0 Å². The van der Waals surface area contributed by atoms with Gasteiger partial charge in [0.15, 0.2) is 5.79 Å². The third-order valence-corrected chi connectivity index (χ3v) is 2.27. The van der Waals surface area contributed by atoms with Crippen LogP contribution in [0.15, 0.2) is 0 Å². The zero-order valence-corrected chi connectivity index (χ0v) is 8.59. The van der Waals surface area contributed by atoms with E-state index in [-0.39, 0.29) is 11.9 Å². The molecular weight excluding hydrogens is 152 g/mol. The van der Waals surface area contributed by atoms with Gasteiger partial charge in [0.25, 0.3) is 0 Å². The number of rotatable bonds is 3. The van der Waals surface area contributed by atoms with Crippen molar-refractivity contribution < 1.29 is 9.47 Å². The molecule has 12 heavy (non-hydrogen) atoms. The van der Waals surface area contributed by atoms with E-state index < -0.39 is 0 Å². The normalized spacial score (nSPS) is 34.0. The van der Waals surface area contributed by atoms with Gasteiger partial charge in [-0.1, -0.05) is 19.8 Å². The second-order valence-corrected chi connectivity index (χ2v) is 4.02. The topological polar surface area (TPSA) is 18.5 Å². The molecule has 0 unspecified atom stereocenters. The van der Waals surface area contributed by atoms with E-state index in [0.717, 1.165) is 6.42 Å². The summed E-state index contributed by atoms with van der Waals surface area (Å²) in [6, 6.07) is 0. The molecule has 0 aliphatic carbocycles. The quantitative estimate of drug-likeness (QED) is 0.651. The van der Waals surface area contributed by atoms with E-state index in [1.54, 1.807) is 0 Å². The molecule has 0 aromatic heterocycles. The largest absolute Gasteiger partial charge is 0.345 e. The van der Waals surface area contributed by atoms with Gasteiger partial charge in [0.05, 0.1) is 12.2 Å². The van der Waals surface area contributed by atoms with Gasteiger partial charge < -0.3 is 9.47 Å². The summed E-state index contributed by atoms with van der Waals surface area (Å²) in [6.45, 7) is 8.26. The van der Waals surface area contributed by atoms with Crippen LogP contribution >= 0.6 is 0 Å². The SMILES string of the molecule is CCCC[C@@H]1OC(C)(C)O[C@@H]1C. The lowest BCUT2D eigenvalue weighted by Crippen LogP contribution is -2.21. The first-order chi connectivity index (χ1) is 5.55. The monoisotopic (exact) mass is 172 g/mol. The average Bonchev–Trinajstić information content (AvgIpc) is 2.20. The van der Waals surface area contributed by atoms with Crippen molar-refractivity contribution in [1.29, 1.82) is 0 Å². The average molecular weight is 172 g/mol. The molecule has 2 atom stereocenters. The molecule has 2 nitrogen and oxygen atoms in total. The van der Waals surface area contributed by atoms with Crippen LogP contribution in [0.1, 0.15) is 47.0 Å². The Labute approximate surface area is 75.2 Å². The van der Waals surface area contributed by atoms with Crippen LogP contribution in [0.4, 0.5) is 0 Å². The number of ether oxygens (including phenoxy) is 2. The summed E-state index contributed by atoms with van der Waals surface area (Å²) < 4.78 is 11.4. The molecule has 2 heteroatoms. The van der Waals surface area contributed by atoms with Crippen molar-refractivity contribution in [2.24, 2.45) is 0 Å². The number of hydrogen-bond acceptors (Lipinski definition) is 2. The second-order valence-electron chi connectivity index (χ2n) is 4.02. The summed E-state index contributed by atoms with van der Waals surface area (Å²) in [4.78, 5) is 0. The maximum Gasteiger partial charge on any atom is 0.163 e. The molecule has 0 radical (unpaired) electrons. The van der Waals surface area contributed by atoms with Crippen LogP contribution in [0.2, 0.25) is 0 Å². The predicted octanol–water partition coefficient (Wildman–Crippen LogP) is 2.72. The van der Waals surface area contributed by atoms with Crippen LogP contribution < -0.4 is 0 Å². The molecule has 1 heterocycles. The van der Waals surface area contributed by atoms with Crippen LogP contribution in [-0.2, 0) is 9.47 Å². The molecule has 0 aromatic rings. The predicted molar refractivity (Wildman–Crippen MR) is 49.0 cm³/mol. The molecular formula is C10H20O2. The highest BCUT2D eigenvalue weighted by molar-refractivity contribution is 4.77. The Morgan fingerprint density at radius 2 is 1.92 bits per heavy atom. The summed E-state index contributed by atoms with van der Waals surface area (Å²) in [7, 11) is 0. The van der Waals surface area contributed by atoms with E-state index in [1.807, 2.05) is 13.8 Å². The molecule has 1 saturated heterocycles. The summed E-state index contributed by atoms with van der Waals surface area (Å²) in [5.74, 6) is -0.363. The lowest BCUT2D eigenvalue weighted by atomic mass is 10.1. The fourth-order valence-corrected chi connectivity index (χ4v) is 1.71. The Kier molecular flexibility index (Phi) is 3.13. The van der Waals surface area contributed by atoms with Crippen molar-refractivity contribution in [2.75, 3.05) is 0 Å². The molecule has 1 fully saturated rings. The van der Waals surface area contributed by atoms with Gasteiger partial charge in [0.1, 0.15) is 0 Å². The Morgan fingerprint density at radius 3 is 2.33 bits per heavy atom. The molecule has 72 valence electrons. The maximum atomic E-state index is 5.74. The van der Waals surface area contributed by atoms with Gasteiger partial charge in [-0.3, -0.25) is 0 Å². The van der Waals surface area contributed by atoms with Gasteiger partial charge in [-0.15, -0.1) is 0 Å². The smallest absolute Gasteiger partial charge is 0.163 e. The molecule has 0 bridgehead atoms. The molecule has 0 saturated carbocycles. The summed E-state index contributed by atoms with van der Waals surface area (Å²) in [6.07, 6.45) is 4.15. The first kappa shape index (κ1) is 10.0. The van der Waals surface area contributed by atoms with Crippen molar-refractivity contribution in [1.82, 2.24) is 0 Å². The highest BCUT2D eigenvalue weighted by Crippen LogP contribution is 2.30. The van der Waals surface area contributed by atoms with E-state index in [1.165, 1.54) is 12.8 Å². The molecule has 0 N–H and O–H groups in total. The van der Waals surface area contributed by atoms with Crippen LogP contribution in [0.3, 0.4) is 0 Å². The summed E-state index contributed by atoms with van der Waals surface area (Å²) in [5.41, 5.74) is 0. The van der Waals surface area contributed by atoms with Crippen molar-refractivity contribution in [2.45, 2.75) is 65.0 Å². The standard InChI is InChI=1S/C10H20O2/c1-5-6-7-9-8(2)11-10(3,4)12-9/h8-9H,5-7H2,1-4H3/t8-,9+/m1/s1. The first-order valence-electron chi connectivity index (χ1n) is 4.91. The second kappa shape index (κ2) is 3.75. The Balaban J connectivity index is 2.36. The van der Waals surface area contributed by atoms with E-state index >= 15 is 0 Å². The minimum atomic E-state index is -0.363. The zero-order chi connectivity index (χ0) is 9.19. The Bertz CT molecular complexity index is 143. The van der Waals surface area contributed by atoms with E-state index in [4.69, 9.17) is 9.47 Å². The fraction of sp³-hybridized carbons (Fsp3) is 1.00. The van der Waals surface area contributed by atoms with Gasteiger partial charge >= 0.3 is 0 Å². The molecule has 0 spiro atoms. The van der Waals surface area contributed by atoms with E-state index in [0.29, 0.717) is 6.10 Å². The molecule has 0 amide bonds. The zero-order valence-electron chi connectivity index (χ0n) is 8.59. The van der Waals surface area contributed by atoms with Crippen LogP contribution in [0.25, 0.3) is 0 Å². The number of hydrogen-bond donors (Lipinski definition) is 0. The van der Waals surface area contributed by atoms with Gasteiger partial charge in [-0.2, -0.15) is 0 Å². The van der Waals surface area contributed by atoms with Crippen molar-refractivity contribution >= 4 is 0 Å². The molecule has 1 rings (SSSR count). The van der Waals surface area contributed by atoms with E-state index in [2.05, 4.69) is 13.8 Å². The van der Waals surface area contributed by atoms with Gasteiger partial charge in [0.2, 0.25) is 0 Å². The lowest BCUT2D eigenvalue weighted by Gasteiger charge is -2.16. The molecule has 1 aliphatic rings. The third kappa shape index (κ3) is 2.46. The highest BCUT2D eigenvalue weighted by Gasteiger charge is 2.37. The number of unbranched alkanes of at least 4 members (excludes halogenated alkanes) is 1. The van der Waals surface area contributed by atoms with Gasteiger partial charge in [-0.05, 0) is 27.2 Å². The van der Waals surface area contributed by atoms with Crippen molar-refractivity contribution in [3.05, 3.63) is 0 Å². The van der Waals surface area contributed by atoms with Crippen LogP contribution in [0, 0.1) is 0 Å². The Morgan fingerprint density at radius 1 is 1.25 bits per heavy atom. The van der Waals surface area contributed by atoms with Crippen molar-refractivity contribution in [3.8, 4) is 0 Å². The molecule has 1 aliphatic heterocycles. The third-order valence-electron chi connectivity index (χ3n) is 2.27. The summed E-state index contributed by atoms with van der Waals surface area (Å²) in [5, 5.41) is 0. The summed E-state index contributed by atoms with van der Waals surface area (Å²) >= 11 is 0. The lowest BCUT2D eigenvalue weighted by molar-refractivity contribution is -0.145. The van der Waals surface area contributed by atoms with Crippen LogP contribution in [0.5, 0.6) is 0 Å². The van der Waals surface area contributed by atoms with Gasteiger partial charge in [-0.25, -0.2) is 0 Å². The fourth-order valence-electron chi connectivity index (χ4n) is 1.71.